The number of morpholine rings is 1. The van der Waals surface area contributed by atoms with Crippen LogP contribution in [0.1, 0.15) is 42.0 Å². The van der Waals surface area contributed by atoms with Crippen LogP contribution in [0, 0.1) is 6.92 Å². The smallest absolute Gasteiger partial charge is 0.295 e. The molecule has 10 heteroatoms. The molecule has 208 valence electrons. The first-order chi connectivity index (χ1) is 18.8. The van der Waals surface area contributed by atoms with Gasteiger partial charge in [0.1, 0.15) is 5.76 Å². The Kier molecular flexibility index (Phi) is 8.18. The molecule has 2 aromatic carbocycles. The maximum atomic E-state index is 13.4. The quantitative estimate of drug-likeness (QED) is 0.319. The van der Waals surface area contributed by atoms with Crippen molar-refractivity contribution in [3.05, 3.63) is 70.8 Å². The molecule has 0 aliphatic carbocycles. The average molecular weight is 554 g/mol. The largest absolute Gasteiger partial charge is 0.507 e. The molecule has 0 saturated carbocycles. The van der Waals surface area contributed by atoms with Gasteiger partial charge < -0.3 is 14.7 Å². The minimum Gasteiger partial charge on any atom is -0.507 e. The Hall–Kier alpha value is -3.05. The summed E-state index contributed by atoms with van der Waals surface area (Å²) in [6, 6.07) is 12.8. The molecule has 5 rings (SSSR count). The molecule has 3 heterocycles. The van der Waals surface area contributed by atoms with Gasteiger partial charge >= 0.3 is 0 Å². The summed E-state index contributed by atoms with van der Waals surface area (Å²) in [4.78, 5) is 30.4. The van der Waals surface area contributed by atoms with Crippen LogP contribution in [-0.2, 0) is 24.3 Å². The number of rotatable bonds is 7. The second-order valence-electron chi connectivity index (χ2n) is 10.3. The number of likely N-dealkylation sites (tertiary alicyclic amines) is 1. The summed E-state index contributed by atoms with van der Waals surface area (Å²) < 4.78 is 33.5. The van der Waals surface area contributed by atoms with E-state index < -0.39 is 27.8 Å². The third-order valence-electron chi connectivity index (χ3n) is 7.75. The highest BCUT2D eigenvalue weighted by molar-refractivity contribution is 7.89. The number of aryl methyl sites for hydroxylation is 1. The van der Waals surface area contributed by atoms with E-state index >= 15 is 0 Å². The molecule has 9 nitrogen and oxygen atoms in total. The Bertz CT molecular complexity index is 1360. The van der Waals surface area contributed by atoms with Gasteiger partial charge in [-0.2, -0.15) is 4.31 Å². The van der Waals surface area contributed by atoms with Crippen molar-refractivity contribution in [1.82, 2.24) is 14.1 Å². The second kappa shape index (κ2) is 11.6. The number of aliphatic hydroxyl groups is 1. The predicted molar refractivity (Wildman–Crippen MR) is 146 cm³/mol. The second-order valence-corrected chi connectivity index (χ2v) is 12.3. The van der Waals surface area contributed by atoms with Crippen molar-refractivity contribution >= 4 is 27.5 Å². The summed E-state index contributed by atoms with van der Waals surface area (Å²) in [6.07, 6.45) is 2.62. The molecular formula is C29H35N3O6S. The highest BCUT2D eigenvalue weighted by Gasteiger charge is 2.46. The topological polar surface area (TPSA) is 107 Å². The molecule has 0 unspecified atom stereocenters. The van der Waals surface area contributed by atoms with Gasteiger partial charge in [0.15, 0.2) is 0 Å². The van der Waals surface area contributed by atoms with E-state index in [0.29, 0.717) is 45.0 Å². The maximum absolute atomic E-state index is 13.4. The van der Waals surface area contributed by atoms with Crippen LogP contribution in [-0.4, -0.2) is 91.8 Å². The standard InChI is InChI=1S/C29H35N3O6S/c1-21-8-10-22(11-9-21)26-25(28(34)29(35)32(26)15-14-30-16-18-38-19-17-30)27(33)23-6-5-7-24(20-23)39(36,37)31-12-3-2-4-13-31/h5-11,20,26,33H,2-4,12-19H2,1H3/t26-/m0/s1. The fourth-order valence-corrected chi connectivity index (χ4v) is 7.06. The zero-order valence-electron chi connectivity index (χ0n) is 22.2. The summed E-state index contributed by atoms with van der Waals surface area (Å²) in [6.45, 7) is 6.49. The molecule has 0 aromatic heterocycles. The fourth-order valence-electron chi connectivity index (χ4n) is 5.49. The molecule has 3 saturated heterocycles. The van der Waals surface area contributed by atoms with Crippen LogP contribution in [0.5, 0.6) is 0 Å². The van der Waals surface area contributed by atoms with Crippen LogP contribution in [0.25, 0.3) is 5.76 Å². The van der Waals surface area contributed by atoms with Gasteiger partial charge in [-0.05, 0) is 37.5 Å². The Morgan fingerprint density at radius 3 is 2.33 bits per heavy atom. The number of sulfonamides is 1. The highest BCUT2D eigenvalue weighted by Crippen LogP contribution is 2.39. The van der Waals surface area contributed by atoms with Gasteiger partial charge in [-0.3, -0.25) is 14.5 Å². The Labute approximate surface area is 229 Å². The highest BCUT2D eigenvalue weighted by atomic mass is 32.2. The lowest BCUT2D eigenvalue weighted by atomic mass is 9.95. The normalized spacial score (nSPS) is 22.9. The molecule has 0 radical (unpaired) electrons. The number of carbonyl (C=O) groups excluding carboxylic acids is 2. The fraction of sp³-hybridized carbons (Fsp3) is 0.448. The van der Waals surface area contributed by atoms with Crippen molar-refractivity contribution in [2.75, 3.05) is 52.5 Å². The summed E-state index contributed by atoms with van der Waals surface area (Å²) in [5.74, 6) is -1.82. The minimum absolute atomic E-state index is 0.0293. The Morgan fingerprint density at radius 1 is 0.949 bits per heavy atom. The van der Waals surface area contributed by atoms with E-state index in [9.17, 15) is 23.1 Å². The van der Waals surface area contributed by atoms with E-state index in [-0.39, 0.29) is 21.8 Å². The third-order valence-corrected chi connectivity index (χ3v) is 9.65. The van der Waals surface area contributed by atoms with E-state index in [1.807, 2.05) is 31.2 Å². The first-order valence-corrected chi connectivity index (χ1v) is 15.0. The van der Waals surface area contributed by atoms with Crippen LogP contribution >= 0.6 is 0 Å². The van der Waals surface area contributed by atoms with Crippen molar-refractivity contribution in [3.8, 4) is 0 Å². The first-order valence-electron chi connectivity index (χ1n) is 13.5. The molecule has 3 aliphatic heterocycles. The number of ether oxygens (including phenoxy) is 1. The zero-order valence-corrected chi connectivity index (χ0v) is 23.0. The monoisotopic (exact) mass is 553 g/mol. The molecule has 39 heavy (non-hydrogen) atoms. The van der Waals surface area contributed by atoms with Gasteiger partial charge in [0.25, 0.3) is 11.7 Å². The number of carbonyl (C=O) groups is 2. The van der Waals surface area contributed by atoms with Crippen molar-refractivity contribution in [3.63, 3.8) is 0 Å². The Balaban J connectivity index is 1.52. The molecule has 0 bridgehead atoms. The van der Waals surface area contributed by atoms with Gasteiger partial charge in [-0.25, -0.2) is 8.42 Å². The van der Waals surface area contributed by atoms with Crippen molar-refractivity contribution < 1.29 is 27.9 Å². The lowest BCUT2D eigenvalue weighted by Gasteiger charge is -2.31. The molecule has 3 aliphatic rings. The van der Waals surface area contributed by atoms with E-state index in [0.717, 1.165) is 37.9 Å². The van der Waals surface area contributed by atoms with Crippen molar-refractivity contribution in [2.24, 2.45) is 0 Å². The summed E-state index contributed by atoms with van der Waals surface area (Å²) >= 11 is 0. The van der Waals surface area contributed by atoms with E-state index in [4.69, 9.17) is 4.74 Å². The maximum Gasteiger partial charge on any atom is 0.295 e. The SMILES string of the molecule is Cc1ccc([C@H]2C(=C(O)c3cccc(S(=O)(=O)N4CCCCC4)c3)C(=O)C(=O)N2CCN2CCOCC2)cc1. The zero-order chi connectivity index (χ0) is 27.6. The minimum atomic E-state index is -3.75. The predicted octanol–water partition coefficient (Wildman–Crippen LogP) is 2.92. The molecule has 1 atom stereocenters. The van der Waals surface area contributed by atoms with Crippen LogP contribution in [0.15, 0.2) is 59.0 Å². The summed E-state index contributed by atoms with van der Waals surface area (Å²) in [5.41, 5.74) is 1.90. The van der Waals surface area contributed by atoms with Crippen LogP contribution in [0.2, 0.25) is 0 Å². The number of amides is 1. The van der Waals surface area contributed by atoms with E-state index in [2.05, 4.69) is 4.90 Å². The van der Waals surface area contributed by atoms with Gasteiger partial charge in [-0.1, -0.05) is 48.4 Å². The lowest BCUT2D eigenvalue weighted by molar-refractivity contribution is -0.140. The van der Waals surface area contributed by atoms with Crippen LogP contribution in [0.3, 0.4) is 0 Å². The summed E-state index contributed by atoms with van der Waals surface area (Å²) in [5, 5.41) is 11.5. The number of nitrogens with zero attached hydrogens (tertiary/aromatic N) is 3. The first kappa shape index (κ1) is 27.5. The van der Waals surface area contributed by atoms with Crippen molar-refractivity contribution in [1.29, 1.82) is 0 Å². The van der Waals surface area contributed by atoms with Gasteiger partial charge in [0, 0.05) is 44.8 Å². The molecule has 1 amide bonds. The molecular weight excluding hydrogens is 518 g/mol. The van der Waals surface area contributed by atoms with Gasteiger partial charge in [0.2, 0.25) is 10.0 Å². The number of ketones is 1. The van der Waals surface area contributed by atoms with Crippen molar-refractivity contribution in [2.45, 2.75) is 37.1 Å². The molecule has 2 aromatic rings. The number of hydrogen-bond donors (Lipinski definition) is 1. The van der Waals surface area contributed by atoms with Crippen LogP contribution in [0.4, 0.5) is 0 Å². The van der Waals surface area contributed by atoms with Gasteiger partial charge in [0.05, 0.1) is 29.7 Å². The molecule has 3 fully saturated rings. The van der Waals surface area contributed by atoms with Crippen LogP contribution < -0.4 is 0 Å². The van der Waals surface area contributed by atoms with E-state index in [1.165, 1.54) is 21.3 Å². The molecule has 0 spiro atoms. The number of benzene rings is 2. The Morgan fingerprint density at radius 2 is 1.64 bits per heavy atom. The number of aliphatic hydroxyl groups excluding tert-OH is 1. The van der Waals surface area contributed by atoms with Gasteiger partial charge in [-0.15, -0.1) is 0 Å². The number of Topliss-reactive ketones (excluding diaryl/α,β-unsaturated/α-hetero) is 1. The van der Waals surface area contributed by atoms with E-state index in [1.54, 1.807) is 12.1 Å². The lowest BCUT2D eigenvalue weighted by Crippen LogP contribution is -2.42. The third kappa shape index (κ3) is 5.65. The molecule has 1 N–H and O–H groups in total. The average Bonchev–Trinajstić information content (AvgIpc) is 3.22. The number of piperidine rings is 1. The summed E-state index contributed by atoms with van der Waals surface area (Å²) in [7, 11) is -3.75. The number of hydrogen-bond acceptors (Lipinski definition) is 7.